The van der Waals surface area contributed by atoms with Gasteiger partial charge in [0.15, 0.2) is 0 Å². The van der Waals surface area contributed by atoms with Gasteiger partial charge in [0.2, 0.25) is 0 Å². The van der Waals surface area contributed by atoms with Gasteiger partial charge in [0.05, 0.1) is 6.10 Å². The minimum atomic E-state index is 0.430. The molecule has 0 aromatic carbocycles. The molecule has 1 aromatic heterocycles. The first-order valence-electron chi connectivity index (χ1n) is 4.72. The average molecular weight is 210 g/mol. The third kappa shape index (κ3) is 1.95. The molecule has 1 saturated carbocycles. The molecule has 76 valence electrons. The van der Waals surface area contributed by atoms with Crippen LogP contribution in [-0.2, 0) is 0 Å². The van der Waals surface area contributed by atoms with Crippen molar-refractivity contribution in [3.63, 3.8) is 0 Å². The Kier molecular flexibility index (Phi) is 2.82. The van der Waals surface area contributed by atoms with Gasteiger partial charge in [-0.15, -0.1) is 11.8 Å². The highest BCUT2D eigenvalue weighted by Crippen LogP contribution is 2.35. The molecule has 14 heavy (non-hydrogen) atoms. The van der Waals surface area contributed by atoms with Gasteiger partial charge >= 0.3 is 0 Å². The number of thioether (sulfide) groups is 1. The number of hydrogen-bond acceptors (Lipinski definition) is 4. The number of aromatic nitrogens is 1. The lowest BCUT2D eigenvalue weighted by Gasteiger charge is -2.12. The SMILES string of the molecule is CNc1c(OC2CC2)ccnc1SC. The van der Waals surface area contributed by atoms with E-state index in [4.69, 9.17) is 4.74 Å². The van der Waals surface area contributed by atoms with E-state index in [9.17, 15) is 0 Å². The van der Waals surface area contributed by atoms with E-state index < -0.39 is 0 Å². The first-order valence-corrected chi connectivity index (χ1v) is 5.95. The second kappa shape index (κ2) is 4.09. The van der Waals surface area contributed by atoms with Crippen LogP contribution in [0.25, 0.3) is 0 Å². The maximum atomic E-state index is 5.77. The van der Waals surface area contributed by atoms with Crippen LogP contribution in [0.15, 0.2) is 17.3 Å². The summed E-state index contributed by atoms with van der Waals surface area (Å²) >= 11 is 1.63. The topological polar surface area (TPSA) is 34.1 Å². The van der Waals surface area contributed by atoms with E-state index in [0.29, 0.717) is 6.10 Å². The van der Waals surface area contributed by atoms with Crippen molar-refractivity contribution in [1.82, 2.24) is 4.98 Å². The molecule has 0 saturated heterocycles. The van der Waals surface area contributed by atoms with Crippen LogP contribution in [0.5, 0.6) is 5.75 Å². The summed E-state index contributed by atoms with van der Waals surface area (Å²) in [7, 11) is 1.90. The van der Waals surface area contributed by atoms with Crippen LogP contribution in [0.4, 0.5) is 5.69 Å². The number of pyridine rings is 1. The Balaban J connectivity index is 2.26. The minimum Gasteiger partial charge on any atom is -0.488 e. The number of rotatable bonds is 4. The fourth-order valence-corrected chi connectivity index (χ4v) is 1.85. The van der Waals surface area contributed by atoms with Gasteiger partial charge < -0.3 is 10.1 Å². The Morgan fingerprint density at radius 1 is 1.57 bits per heavy atom. The Hall–Kier alpha value is -0.900. The van der Waals surface area contributed by atoms with Gasteiger partial charge in [-0.3, -0.25) is 0 Å². The van der Waals surface area contributed by atoms with Gasteiger partial charge in [-0.05, 0) is 19.1 Å². The average Bonchev–Trinajstić information content (AvgIpc) is 3.01. The fraction of sp³-hybridized carbons (Fsp3) is 0.500. The molecular formula is C10H14N2OS. The summed E-state index contributed by atoms with van der Waals surface area (Å²) in [5.41, 5.74) is 1.01. The molecule has 1 heterocycles. The zero-order valence-electron chi connectivity index (χ0n) is 8.41. The van der Waals surface area contributed by atoms with Crippen LogP contribution < -0.4 is 10.1 Å². The van der Waals surface area contributed by atoms with E-state index >= 15 is 0 Å². The van der Waals surface area contributed by atoms with Crippen LogP contribution in [0.1, 0.15) is 12.8 Å². The number of nitrogens with zero attached hydrogens (tertiary/aromatic N) is 1. The summed E-state index contributed by atoms with van der Waals surface area (Å²) in [4.78, 5) is 4.28. The summed E-state index contributed by atoms with van der Waals surface area (Å²) in [6, 6.07) is 1.92. The van der Waals surface area contributed by atoms with Gasteiger partial charge in [0.1, 0.15) is 16.5 Å². The molecule has 0 amide bonds. The zero-order chi connectivity index (χ0) is 9.97. The Bertz CT molecular complexity index is 326. The lowest BCUT2D eigenvalue weighted by atomic mass is 10.4. The molecule has 0 spiro atoms. The minimum absolute atomic E-state index is 0.430. The summed E-state index contributed by atoms with van der Waals surface area (Å²) in [5, 5.41) is 4.13. The first kappa shape index (κ1) is 9.65. The van der Waals surface area contributed by atoms with E-state index in [0.717, 1.165) is 16.5 Å². The highest BCUT2D eigenvalue weighted by atomic mass is 32.2. The summed E-state index contributed by atoms with van der Waals surface area (Å²) in [6.07, 6.45) is 6.61. The summed E-state index contributed by atoms with van der Waals surface area (Å²) in [5.74, 6) is 0.925. The molecule has 1 N–H and O–H groups in total. The normalized spacial score (nSPS) is 15.3. The largest absolute Gasteiger partial charge is 0.488 e. The molecule has 0 bridgehead atoms. The Labute approximate surface area is 88.3 Å². The molecule has 4 heteroatoms. The van der Waals surface area contributed by atoms with Gasteiger partial charge in [0.25, 0.3) is 0 Å². The molecule has 1 aliphatic rings. The molecule has 2 rings (SSSR count). The van der Waals surface area contributed by atoms with Crippen LogP contribution >= 0.6 is 11.8 Å². The third-order valence-electron chi connectivity index (χ3n) is 2.14. The maximum Gasteiger partial charge on any atom is 0.147 e. The highest BCUT2D eigenvalue weighted by molar-refractivity contribution is 7.98. The molecule has 0 unspecified atom stereocenters. The second-order valence-corrected chi connectivity index (χ2v) is 4.06. The van der Waals surface area contributed by atoms with Crippen molar-refractivity contribution in [2.24, 2.45) is 0 Å². The van der Waals surface area contributed by atoms with Crippen molar-refractivity contribution < 1.29 is 4.74 Å². The van der Waals surface area contributed by atoms with Gasteiger partial charge in [-0.25, -0.2) is 4.98 Å². The van der Waals surface area contributed by atoms with Crippen molar-refractivity contribution in [2.75, 3.05) is 18.6 Å². The Morgan fingerprint density at radius 3 is 2.93 bits per heavy atom. The molecule has 0 atom stereocenters. The van der Waals surface area contributed by atoms with Gasteiger partial charge in [0, 0.05) is 19.3 Å². The molecule has 0 aliphatic heterocycles. The van der Waals surface area contributed by atoms with E-state index in [1.54, 1.807) is 18.0 Å². The van der Waals surface area contributed by atoms with E-state index in [1.807, 2.05) is 19.4 Å². The monoisotopic (exact) mass is 210 g/mol. The quantitative estimate of drug-likeness (QED) is 0.774. The van der Waals surface area contributed by atoms with Gasteiger partial charge in [-0.2, -0.15) is 0 Å². The lowest BCUT2D eigenvalue weighted by Crippen LogP contribution is -2.02. The molecule has 3 nitrogen and oxygen atoms in total. The summed E-state index contributed by atoms with van der Waals surface area (Å²) < 4.78 is 5.77. The van der Waals surface area contributed by atoms with Crippen molar-refractivity contribution >= 4 is 17.4 Å². The third-order valence-corrected chi connectivity index (χ3v) is 2.84. The van der Waals surface area contributed by atoms with Crippen LogP contribution in [0.3, 0.4) is 0 Å². The molecule has 1 aromatic rings. The van der Waals surface area contributed by atoms with Crippen molar-refractivity contribution in [3.05, 3.63) is 12.3 Å². The second-order valence-electron chi connectivity index (χ2n) is 3.26. The smallest absolute Gasteiger partial charge is 0.147 e. The van der Waals surface area contributed by atoms with Crippen LogP contribution in [-0.4, -0.2) is 24.4 Å². The molecule has 1 fully saturated rings. The predicted octanol–water partition coefficient (Wildman–Crippen LogP) is 2.39. The lowest BCUT2D eigenvalue weighted by molar-refractivity contribution is 0.303. The zero-order valence-corrected chi connectivity index (χ0v) is 9.23. The highest BCUT2D eigenvalue weighted by Gasteiger charge is 2.25. The van der Waals surface area contributed by atoms with E-state index in [2.05, 4.69) is 10.3 Å². The maximum absolute atomic E-state index is 5.77. The number of hydrogen-bond donors (Lipinski definition) is 1. The first-order chi connectivity index (χ1) is 6.85. The van der Waals surface area contributed by atoms with E-state index in [1.165, 1.54) is 12.8 Å². The fourth-order valence-electron chi connectivity index (χ4n) is 1.27. The molecule has 0 radical (unpaired) electrons. The van der Waals surface area contributed by atoms with Crippen molar-refractivity contribution in [1.29, 1.82) is 0 Å². The standard InChI is InChI=1S/C10H14N2OS/c1-11-9-8(13-7-3-4-7)5-6-12-10(9)14-2/h5-7,11H,3-4H2,1-2H3. The van der Waals surface area contributed by atoms with Crippen LogP contribution in [0.2, 0.25) is 0 Å². The van der Waals surface area contributed by atoms with Crippen molar-refractivity contribution in [3.8, 4) is 5.75 Å². The number of ether oxygens (including phenoxy) is 1. The molecular weight excluding hydrogens is 196 g/mol. The van der Waals surface area contributed by atoms with Crippen molar-refractivity contribution in [2.45, 2.75) is 24.0 Å². The van der Waals surface area contributed by atoms with E-state index in [-0.39, 0.29) is 0 Å². The van der Waals surface area contributed by atoms with Gasteiger partial charge in [-0.1, -0.05) is 0 Å². The Morgan fingerprint density at radius 2 is 2.36 bits per heavy atom. The van der Waals surface area contributed by atoms with Crippen LogP contribution in [0, 0.1) is 0 Å². The summed E-state index contributed by atoms with van der Waals surface area (Å²) in [6.45, 7) is 0. The number of nitrogens with one attached hydrogen (secondary N) is 1. The predicted molar refractivity (Wildman–Crippen MR) is 59.2 cm³/mol. The molecule has 1 aliphatic carbocycles. The number of anilines is 1.